The van der Waals surface area contributed by atoms with Crippen molar-refractivity contribution in [3.05, 3.63) is 53.9 Å². The molecule has 1 aliphatic carbocycles. The topological polar surface area (TPSA) is 103 Å². The van der Waals surface area contributed by atoms with Gasteiger partial charge in [-0.15, -0.1) is 6.42 Å². The molecule has 0 bridgehead atoms. The molecule has 0 saturated carbocycles. The number of hydrogen-bond donors (Lipinski definition) is 2. The van der Waals surface area contributed by atoms with Crippen LogP contribution in [0.3, 0.4) is 0 Å². The second kappa shape index (κ2) is 10.4. The number of alkyl halides is 1. The van der Waals surface area contributed by atoms with Crippen LogP contribution in [0.2, 0.25) is 0 Å². The van der Waals surface area contributed by atoms with Gasteiger partial charge in [0.2, 0.25) is 5.95 Å². The van der Waals surface area contributed by atoms with E-state index in [9.17, 15) is 9.59 Å². The molecule has 3 aliphatic rings. The lowest BCUT2D eigenvalue weighted by Crippen LogP contribution is -2.48. The number of ether oxygens (including phenoxy) is 1. The Bertz CT molecular complexity index is 1410. The monoisotopic (exact) mass is 531 g/mol. The molecule has 2 amide bonds. The smallest absolute Gasteiger partial charge is 0.279 e. The Labute approximate surface area is 226 Å². The van der Waals surface area contributed by atoms with Crippen LogP contribution in [0.4, 0.5) is 27.5 Å². The quantitative estimate of drug-likeness (QED) is 0.549. The number of rotatable bonds is 6. The van der Waals surface area contributed by atoms with Crippen molar-refractivity contribution in [1.29, 1.82) is 0 Å². The number of amides is 2. The average Bonchev–Trinajstić information content (AvgIpc) is 2.99. The molecule has 1 unspecified atom stereocenters. The molecule has 10 nitrogen and oxygen atoms in total. The number of terminal acetylenes is 1. The van der Waals surface area contributed by atoms with E-state index in [1.165, 1.54) is 20.4 Å². The van der Waals surface area contributed by atoms with Gasteiger partial charge >= 0.3 is 0 Å². The van der Waals surface area contributed by atoms with Crippen molar-refractivity contribution in [1.82, 2.24) is 20.2 Å². The van der Waals surface area contributed by atoms with E-state index < -0.39 is 18.1 Å². The summed E-state index contributed by atoms with van der Waals surface area (Å²) >= 11 is 0. The van der Waals surface area contributed by atoms with E-state index in [1.54, 1.807) is 41.3 Å². The van der Waals surface area contributed by atoms with Gasteiger partial charge in [0.15, 0.2) is 5.82 Å². The number of nitrogens with one attached hydrogen (secondary N) is 2. The number of carbonyl (C=O) groups is 2. The van der Waals surface area contributed by atoms with Crippen molar-refractivity contribution in [2.75, 3.05) is 56.0 Å². The lowest BCUT2D eigenvalue weighted by atomic mass is 10.0. The first-order chi connectivity index (χ1) is 18.7. The summed E-state index contributed by atoms with van der Waals surface area (Å²) in [6.45, 7) is 1.50. The third kappa shape index (κ3) is 5.03. The summed E-state index contributed by atoms with van der Waals surface area (Å²) in [4.78, 5) is 39.6. The SMILES string of the molecule is C#CC1(F)CN(C2=CC=C2)c2nc(Nc3ccc(C(=O)NC4CCN(C)CC4)cc3OC)ncc2N(C)C1=O. The average molecular weight is 532 g/mol. The predicted molar refractivity (Wildman–Crippen MR) is 147 cm³/mol. The molecular weight excluding hydrogens is 501 g/mol. The minimum Gasteiger partial charge on any atom is -0.495 e. The molecule has 0 radical (unpaired) electrons. The van der Waals surface area contributed by atoms with E-state index in [0.29, 0.717) is 34.2 Å². The second-order valence-electron chi connectivity index (χ2n) is 9.84. The maximum absolute atomic E-state index is 15.5. The van der Waals surface area contributed by atoms with Gasteiger partial charge in [-0.2, -0.15) is 4.98 Å². The van der Waals surface area contributed by atoms with Crippen molar-refractivity contribution in [2.24, 2.45) is 0 Å². The number of piperidine rings is 1. The van der Waals surface area contributed by atoms with E-state index >= 15 is 4.39 Å². The highest BCUT2D eigenvalue weighted by Gasteiger charge is 2.46. The lowest BCUT2D eigenvalue weighted by Gasteiger charge is -2.29. The van der Waals surface area contributed by atoms with Crippen LogP contribution in [0.15, 0.2) is 48.3 Å². The molecule has 3 heterocycles. The second-order valence-corrected chi connectivity index (χ2v) is 9.84. The minimum atomic E-state index is -2.54. The fraction of sp³-hybridized carbons (Fsp3) is 0.357. The fourth-order valence-corrected chi connectivity index (χ4v) is 4.76. The van der Waals surface area contributed by atoms with Crippen LogP contribution in [0.1, 0.15) is 23.2 Å². The summed E-state index contributed by atoms with van der Waals surface area (Å²) < 4.78 is 21.1. The van der Waals surface area contributed by atoms with E-state index in [2.05, 4.69) is 32.5 Å². The number of allylic oxidation sites excluding steroid dienone is 3. The van der Waals surface area contributed by atoms with Gasteiger partial charge in [0.05, 0.1) is 25.5 Å². The number of halogens is 1. The third-order valence-electron chi connectivity index (χ3n) is 7.23. The molecular formula is C28H30FN7O3. The number of likely N-dealkylation sites (tertiary alicyclic amines) is 1. The zero-order chi connectivity index (χ0) is 27.7. The van der Waals surface area contributed by atoms with Crippen molar-refractivity contribution in [3.8, 4) is 18.1 Å². The number of carbonyl (C=O) groups excluding carboxylic acids is 2. The first-order valence-corrected chi connectivity index (χ1v) is 12.6. The minimum absolute atomic E-state index is 0.136. The summed E-state index contributed by atoms with van der Waals surface area (Å²) in [7, 11) is 5.02. The maximum Gasteiger partial charge on any atom is 0.279 e. The molecule has 1 fully saturated rings. The van der Waals surface area contributed by atoms with E-state index in [4.69, 9.17) is 11.2 Å². The zero-order valence-corrected chi connectivity index (χ0v) is 22.1. The van der Waals surface area contributed by atoms with Gasteiger partial charge in [0.25, 0.3) is 17.5 Å². The van der Waals surface area contributed by atoms with Crippen LogP contribution in [-0.2, 0) is 4.79 Å². The predicted octanol–water partition coefficient (Wildman–Crippen LogP) is 2.63. The van der Waals surface area contributed by atoms with Crippen LogP contribution in [0.5, 0.6) is 5.75 Å². The molecule has 1 aromatic carbocycles. The van der Waals surface area contributed by atoms with Gasteiger partial charge < -0.3 is 30.1 Å². The van der Waals surface area contributed by atoms with Gasteiger partial charge in [-0.3, -0.25) is 9.59 Å². The molecule has 0 spiro atoms. The summed E-state index contributed by atoms with van der Waals surface area (Å²) in [6, 6.07) is 5.21. The van der Waals surface area contributed by atoms with Crippen molar-refractivity contribution < 1.29 is 18.7 Å². The largest absolute Gasteiger partial charge is 0.495 e. The highest BCUT2D eigenvalue weighted by atomic mass is 19.1. The van der Waals surface area contributed by atoms with Crippen LogP contribution in [0.25, 0.3) is 0 Å². The van der Waals surface area contributed by atoms with E-state index in [1.807, 2.05) is 5.92 Å². The van der Waals surface area contributed by atoms with Gasteiger partial charge in [0, 0.05) is 24.4 Å². The highest BCUT2D eigenvalue weighted by Crippen LogP contribution is 2.38. The molecule has 2 N–H and O–H groups in total. The van der Waals surface area contributed by atoms with E-state index in [-0.39, 0.29) is 17.9 Å². The number of aromatic nitrogens is 2. The molecule has 1 aromatic heterocycles. The Hall–Kier alpha value is -4.43. The Morgan fingerprint density at radius 3 is 2.67 bits per heavy atom. The molecule has 2 aliphatic heterocycles. The molecule has 5 rings (SSSR count). The Morgan fingerprint density at radius 1 is 1.28 bits per heavy atom. The Kier molecular flexibility index (Phi) is 6.97. The van der Waals surface area contributed by atoms with Crippen molar-refractivity contribution in [3.63, 3.8) is 0 Å². The number of methoxy groups -OCH3 is 1. The number of anilines is 4. The summed E-state index contributed by atoms with van der Waals surface area (Å²) in [5.74, 6) is 1.93. The van der Waals surface area contributed by atoms with Crippen LogP contribution < -0.4 is 25.2 Å². The number of fused-ring (bicyclic) bond motifs is 1. The van der Waals surface area contributed by atoms with Gasteiger partial charge in [0.1, 0.15) is 11.4 Å². The number of nitrogens with zero attached hydrogens (tertiary/aromatic N) is 5. The van der Waals surface area contributed by atoms with Crippen molar-refractivity contribution >= 4 is 35.0 Å². The zero-order valence-electron chi connectivity index (χ0n) is 22.1. The molecule has 1 atom stereocenters. The highest BCUT2D eigenvalue weighted by molar-refractivity contribution is 6.05. The van der Waals surface area contributed by atoms with Crippen LogP contribution in [0, 0.1) is 12.3 Å². The van der Waals surface area contributed by atoms with Crippen LogP contribution >= 0.6 is 0 Å². The summed E-state index contributed by atoms with van der Waals surface area (Å²) in [5.41, 5.74) is -0.555. The standard InChI is InChI=1S/C28H30FN7O3/c1-5-28(29)17-36(20-7-6-8-20)24-22(35(3)26(28)38)16-30-27(33-24)32-21-10-9-18(15-23(21)39-4)25(37)31-19-11-13-34(2)14-12-19/h1,6-10,15-16,19H,11-14,17H2,2-4H3,(H,31,37)(H,30,32,33). The number of benzene rings is 1. The third-order valence-corrected chi connectivity index (χ3v) is 7.23. The molecule has 11 heteroatoms. The Balaban J connectivity index is 1.40. The normalized spacial score (nSPS) is 21.3. The maximum atomic E-state index is 15.5. The molecule has 2 aromatic rings. The van der Waals surface area contributed by atoms with Gasteiger partial charge in [-0.05, 0) is 63.3 Å². The molecule has 39 heavy (non-hydrogen) atoms. The van der Waals surface area contributed by atoms with E-state index in [0.717, 1.165) is 30.8 Å². The summed E-state index contributed by atoms with van der Waals surface area (Å²) in [5, 5.41) is 6.22. The van der Waals surface area contributed by atoms with Gasteiger partial charge in [-0.25, -0.2) is 9.37 Å². The first-order valence-electron chi connectivity index (χ1n) is 12.6. The lowest BCUT2D eigenvalue weighted by molar-refractivity contribution is -0.125. The molecule has 1 saturated heterocycles. The van der Waals surface area contributed by atoms with Gasteiger partial charge in [-0.1, -0.05) is 12.0 Å². The first kappa shape index (κ1) is 26.2. The fourth-order valence-electron chi connectivity index (χ4n) is 4.76. The molecule has 202 valence electrons. The van der Waals surface area contributed by atoms with Crippen molar-refractivity contribution in [2.45, 2.75) is 24.6 Å². The van der Waals surface area contributed by atoms with Crippen LogP contribution in [-0.4, -0.2) is 79.2 Å². The Morgan fingerprint density at radius 2 is 2.03 bits per heavy atom. The summed E-state index contributed by atoms with van der Waals surface area (Å²) in [6.07, 6.45) is 14.1. The number of hydrogen-bond acceptors (Lipinski definition) is 8.